The predicted molar refractivity (Wildman–Crippen MR) is 131 cm³/mol. The number of nitrogens with zero attached hydrogens (tertiary/aromatic N) is 5. The van der Waals surface area contributed by atoms with E-state index in [1.807, 2.05) is 12.1 Å². The average Bonchev–Trinajstić information content (AvgIpc) is 3.39. The second kappa shape index (κ2) is 9.23. The Labute approximate surface area is 201 Å². The number of amides is 2. The number of hydrogen-bond donors (Lipinski definition) is 0. The summed E-state index contributed by atoms with van der Waals surface area (Å²) in [5, 5.41) is 9.69. The van der Waals surface area contributed by atoms with Crippen molar-refractivity contribution in [3.8, 4) is 17.1 Å². The maximum absolute atomic E-state index is 12.6. The van der Waals surface area contributed by atoms with E-state index in [9.17, 15) is 9.59 Å². The lowest BCUT2D eigenvalue weighted by atomic mass is 10.1. The summed E-state index contributed by atoms with van der Waals surface area (Å²) in [7, 11) is 0. The predicted octanol–water partition coefficient (Wildman–Crippen LogP) is 4.72. The second-order valence-electron chi connectivity index (χ2n) is 8.16. The smallest absolute Gasteiger partial charge is 0.261 e. The number of rotatable bonds is 7. The van der Waals surface area contributed by atoms with Crippen LogP contribution in [0.2, 0.25) is 0 Å². The van der Waals surface area contributed by atoms with Gasteiger partial charge in [0.2, 0.25) is 0 Å². The highest BCUT2D eigenvalue weighted by atomic mass is 32.2. The van der Waals surface area contributed by atoms with E-state index in [-0.39, 0.29) is 11.8 Å². The van der Waals surface area contributed by atoms with Crippen molar-refractivity contribution in [2.45, 2.75) is 25.4 Å². The average molecular weight is 470 g/mol. The van der Waals surface area contributed by atoms with Gasteiger partial charge in [-0.15, -0.1) is 10.2 Å². The molecule has 0 saturated carbocycles. The molecule has 7 nitrogen and oxygen atoms in total. The molecule has 0 fully saturated rings. The Morgan fingerprint density at radius 1 is 0.853 bits per heavy atom. The number of carbonyl (C=O) groups excluding carboxylic acids is 2. The first-order valence-electron chi connectivity index (χ1n) is 11.1. The van der Waals surface area contributed by atoms with Gasteiger partial charge in [0.05, 0.1) is 16.8 Å². The summed E-state index contributed by atoms with van der Waals surface area (Å²) in [6.07, 6.45) is 4.13. The van der Waals surface area contributed by atoms with E-state index in [0.717, 1.165) is 22.2 Å². The summed E-state index contributed by atoms with van der Waals surface area (Å²) in [6.45, 7) is 4.54. The van der Waals surface area contributed by atoms with E-state index in [4.69, 9.17) is 0 Å². The van der Waals surface area contributed by atoms with E-state index in [1.165, 1.54) is 16.0 Å². The number of aromatic nitrogens is 4. The molecule has 3 heterocycles. The quantitative estimate of drug-likeness (QED) is 0.221. The Kier molecular flexibility index (Phi) is 5.98. The van der Waals surface area contributed by atoms with Gasteiger partial charge in [0, 0.05) is 30.3 Å². The number of hydrogen-bond acceptors (Lipinski definition) is 6. The van der Waals surface area contributed by atoms with Crippen LogP contribution in [0.1, 0.15) is 38.3 Å². The molecule has 34 heavy (non-hydrogen) atoms. The van der Waals surface area contributed by atoms with Crippen LogP contribution in [0.4, 0.5) is 0 Å². The molecule has 8 heteroatoms. The Morgan fingerprint density at radius 2 is 1.56 bits per heavy atom. The van der Waals surface area contributed by atoms with Crippen LogP contribution in [0.25, 0.3) is 17.1 Å². The van der Waals surface area contributed by atoms with E-state index >= 15 is 0 Å². The minimum absolute atomic E-state index is 0.219. The van der Waals surface area contributed by atoms with Crippen LogP contribution in [-0.2, 0) is 0 Å². The van der Waals surface area contributed by atoms with Gasteiger partial charge in [-0.1, -0.05) is 30.0 Å². The zero-order valence-corrected chi connectivity index (χ0v) is 19.7. The molecule has 2 aromatic heterocycles. The molecule has 1 aliphatic rings. The van der Waals surface area contributed by atoms with Gasteiger partial charge in [-0.05, 0) is 67.8 Å². The molecule has 5 rings (SSSR count). The highest BCUT2D eigenvalue weighted by Gasteiger charge is 2.34. The van der Waals surface area contributed by atoms with Crippen molar-refractivity contribution < 1.29 is 9.59 Å². The Balaban J connectivity index is 1.34. The third-order valence-electron chi connectivity index (χ3n) is 5.96. The van der Waals surface area contributed by atoms with Gasteiger partial charge in [-0.25, -0.2) is 0 Å². The third kappa shape index (κ3) is 4.01. The first-order valence-corrected chi connectivity index (χ1v) is 12.0. The lowest BCUT2D eigenvalue weighted by Crippen LogP contribution is -2.31. The molecule has 0 atom stereocenters. The third-order valence-corrected chi connectivity index (χ3v) is 6.97. The molecule has 2 amide bonds. The fraction of sp³-hybridized carbons (Fsp3) is 0.192. The maximum atomic E-state index is 12.6. The highest BCUT2D eigenvalue weighted by Crippen LogP contribution is 2.29. The number of carbonyl (C=O) groups is 2. The molecule has 0 N–H and O–H groups in total. The Bertz CT molecular complexity index is 1350. The number of pyridine rings is 1. The molecule has 4 aromatic rings. The van der Waals surface area contributed by atoms with Gasteiger partial charge in [0.1, 0.15) is 0 Å². The SMILES string of the molecule is Cc1ccc(-n2c(SCCCN3C(=O)c4ccccc4C3=O)nnc2-c2ccncc2)cc1C. The number of benzene rings is 2. The number of fused-ring (bicyclic) bond motifs is 1. The minimum atomic E-state index is -0.219. The van der Waals surface area contributed by atoms with Crippen LogP contribution in [0.15, 0.2) is 72.1 Å². The molecule has 0 saturated heterocycles. The summed E-state index contributed by atoms with van der Waals surface area (Å²) in [4.78, 5) is 30.6. The molecule has 1 aliphatic heterocycles. The first-order chi connectivity index (χ1) is 16.5. The minimum Gasteiger partial charge on any atom is -0.274 e. The van der Waals surface area contributed by atoms with E-state index in [0.29, 0.717) is 29.8 Å². The van der Waals surface area contributed by atoms with Crippen molar-refractivity contribution in [2.24, 2.45) is 0 Å². The zero-order valence-electron chi connectivity index (χ0n) is 18.9. The van der Waals surface area contributed by atoms with Crippen molar-refractivity contribution in [3.05, 3.63) is 89.2 Å². The van der Waals surface area contributed by atoms with Gasteiger partial charge in [-0.2, -0.15) is 0 Å². The Morgan fingerprint density at radius 3 is 2.24 bits per heavy atom. The summed E-state index contributed by atoms with van der Waals surface area (Å²) < 4.78 is 2.05. The lowest BCUT2D eigenvalue weighted by molar-refractivity contribution is 0.0655. The number of imide groups is 1. The largest absolute Gasteiger partial charge is 0.274 e. The standard InChI is InChI=1S/C26H23N5O2S/c1-17-8-9-20(16-18(17)2)31-23(19-10-12-27-13-11-19)28-29-26(31)34-15-5-14-30-24(32)21-6-3-4-7-22(21)25(30)33/h3-4,6-13,16H,5,14-15H2,1-2H3. The molecule has 170 valence electrons. The molecule has 0 spiro atoms. The van der Waals surface area contributed by atoms with Gasteiger partial charge >= 0.3 is 0 Å². The summed E-state index contributed by atoms with van der Waals surface area (Å²) in [5.41, 5.74) is 5.29. The zero-order chi connectivity index (χ0) is 23.7. The molecule has 2 aromatic carbocycles. The highest BCUT2D eigenvalue weighted by molar-refractivity contribution is 7.99. The number of thioether (sulfide) groups is 1. The maximum Gasteiger partial charge on any atom is 0.261 e. The summed E-state index contributed by atoms with van der Waals surface area (Å²) >= 11 is 1.56. The van der Waals surface area contributed by atoms with Crippen LogP contribution < -0.4 is 0 Å². The molecular formula is C26H23N5O2S. The van der Waals surface area contributed by atoms with Crippen LogP contribution in [0.3, 0.4) is 0 Å². The summed E-state index contributed by atoms with van der Waals surface area (Å²) in [5.74, 6) is 0.994. The van der Waals surface area contributed by atoms with E-state index in [2.05, 4.69) is 51.8 Å². The summed E-state index contributed by atoms with van der Waals surface area (Å²) in [6, 6.07) is 17.1. The van der Waals surface area contributed by atoms with Crippen molar-refractivity contribution in [1.29, 1.82) is 0 Å². The van der Waals surface area contributed by atoms with Gasteiger partial charge < -0.3 is 0 Å². The molecular weight excluding hydrogens is 446 g/mol. The molecule has 0 unspecified atom stereocenters. The Hall–Kier alpha value is -3.78. The van der Waals surface area contributed by atoms with Crippen LogP contribution in [0, 0.1) is 13.8 Å². The van der Waals surface area contributed by atoms with Crippen LogP contribution >= 0.6 is 11.8 Å². The van der Waals surface area contributed by atoms with Crippen LogP contribution in [0.5, 0.6) is 0 Å². The fourth-order valence-electron chi connectivity index (χ4n) is 3.98. The lowest BCUT2D eigenvalue weighted by Gasteiger charge is -2.14. The monoisotopic (exact) mass is 469 g/mol. The van der Waals surface area contributed by atoms with Crippen molar-refractivity contribution in [1.82, 2.24) is 24.6 Å². The van der Waals surface area contributed by atoms with Crippen molar-refractivity contribution >= 4 is 23.6 Å². The van der Waals surface area contributed by atoms with Gasteiger partial charge in [0.25, 0.3) is 11.8 Å². The van der Waals surface area contributed by atoms with E-state index < -0.39 is 0 Å². The van der Waals surface area contributed by atoms with Gasteiger partial charge in [0.15, 0.2) is 11.0 Å². The second-order valence-corrected chi connectivity index (χ2v) is 9.22. The van der Waals surface area contributed by atoms with E-state index in [1.54, 1.807) is 48.4 Å². The van der Waals surface area contributed by atoms with Crippen LogP contribution in [-0.4, -0.2) is 48.8 Å². The number of aryl methyl sites for hydroxylation is 2. The molecule has 0 bridgehead atoms. The molecule has 0 aliphatic carbocycles. The molecule has 0 radical (unpaired) electrons. The normalized spacial score (nSPS) is 12.9. The topological polar surface area (TPSA) is 81.0 Å². The first kappa shape index (κ1) is 22.0. The fourth-order valence-corrected chi connectivity index (χ4v) is 4.85. The van der Waals surface area contributed by atoms with Crippen molar-refractivity contribution in [2.75, 3.05) is 12.3 Å². The van der Waals surface area contributed by atoms with Gasteiger partial charge in [-0.3, -0.25) is 24.0 Å². The van der Waals surface area contributed by atoms with Crippen molar-refractivity contribution in [3.63, 3.8) is 0 Å².